The van der Waals surface area contributed by atoms with Crippen LogP contribution in [0.5, 0.6) is 0 Å². The van der Waals surface area contributed by atoms with E-state index >= 15 is 0 Å². The molecule has 0 amide bonds. The Balaban J connectivity index is 2.14. The van der Waals surface area contributed by atoms with E-state index in [1.807, 2.05) is 30.3 Å². The lowest BCUT2D eigenvalue weighted by atomic mass is 10.2. The van der Waals surface area contributed by atoms with Crippen molar-refractivity contribution < 1.29 is 4.52 Å². The minimum Gasteiger partial charge on any atom is -0.334 e. The smallest absolute Gasteiger partial charge is 0.257 e. The topological polar surface area (TPSA) is 64.9 Å². The van der Waals surface area contributed by atoms with Gasteiger partial charge in [-0.3, -0.25) is 0 Å². The molecule has 0 aliphatic rings. The zero-order chi connectivity index (χ0) is 10.5. The van der Waals surface area contributed by atoms with Gasteiger partial charge in [-0.25, -0.2) is 0 Å². The molecule has 0 aliphatic heterocycles. The molecule has 2 N–H and O–H groups in total. The molecule has 0 radical (unpaired) electrons. The Kier molecular flexibility index (Phi) is 3.09. The van der Waals surface area contributed by atoms with Crippen LogP contribution in [0.25, 0.3) is 11.5 Å². The molecule has 1 heterocycles. The third-order valence-corrected chi connectivity index (χ3v) is 2.09. The zero-order valence-corrected chi connectivity index (χ0v) is 8.39. The molecule has 0 aliphatic carbocycles. The first kappa shape index (κ1) is 9.86. The Labute approximate surface area is 88.1 Å². The predicted octanol–water partition coefficient (Wildman–Crippen LogP) is 1.63. The molecule has 0 unspecified atom stereocenters. The van der Waals surface area contributed by atoms with Gasteiger partial charge < -0.3 is 10.3 Å². The van der Waals surface area contributed by atoms with E-state index < -0.39 is 0 Å². The minimum absolute atomic E-state index is 0.572. The quantitative estimate of drug-likeness (QED) is 0.820. The molecule has 0 spiro atoms. The number of aryl methyl sites for hydroxylation is 1. The van der Waals surface area contributed by atoms with Crippen LogP contribution in [0.2, 0.25) is 0 Å². The molecule has 4 heteroatoms. The van der Waals surface area contributed by atoms with E-state index in [-0.39, 0.29) is 0 Å². The fourth-order valence-corrected chi connectivity index (χ4v) is 1.31. The van der Waals surface area contributed by atoms with Gasteiger partial charge in [0.15, 0.2) is 5.82 Å². The van der Waals surface area contributed by atoms with Crippen LogP contribution in [0.15, 0.2) is 34.9 Å². The van der Waals surface area contributed by atoms with Crippen molar-refractivity contribution in [3.63, 3.8) is 0 Å². The van der Waals surface area contributed by atoms with E-state index in [0.717, 1.165) is 24.2 Å². The molecule has 78 valence electrons. The lowest BCUT2D eigenvalue weighted by Gasteiger charge is -1.90. The molecule has 2 rings (SSSR count). The Morgan fingerprint density at radius 2 is 2.00 bits per heavy atom. The van der Waals surface area contributed by atoms with E-state index in [0.29, 0.717) is 12.4 Å². The van der Waals surface area contributed by atoms with Gasteiger partial charge in [0.25, 0.3) is 5.89 Å². The number of hydrogen-bond donors (Lipinski definition) is 1. The van der Waals surface area contributed by atoms with Crippen molar-refractivity contribution >= 4 is 0 Å². The number of aromatic nitrogens is 2. The monoisotopic (exact) mass is 203 g/mol. The lowest BCUT2D eigenvalue weighted by Crippen LogP contribution is -2.01. The van der Waals surface area contributed by atoms with E-state index in [2.05, 4.69) is 10.1 Å². The average molecular weight is 203 g/mol. The van der Waals surface area contributed by atoms with Crippen molar-refractivity contribution in [2.75, 3.05) is 6.54 Å². The van der Waals surface area contributed by atoms with Crippen LogP contribution in [0, 0.1) is 0 Å². The second-order valence-corrected chi connectivity index (χ2v) is 3.27. The summed E-state index contributed by atoms with van der Waals surface area (Å²) in [5.74, 6) is 1.29. The van der Waals surface area contributed by atoms with Crippen LogP contribution in [-0.2, 0) is 6.42 Å². The maximum Gasteiger partial charge on any atom is 0.257 e. The minimum atomic E-state index is 0.572. The highest BCUT2D eigenvalue weighted by atomic mass is 16.5. The Bertz CT molecular complexity index is 411. The Morgan fingerprint density at radius 1 is 1.20 bits per heavy atom. The maximum atomic E-state index is 5.41. The normalized spacial score (nSPS) is 10.5. The standard InChI is InChI=1S/C11H13N3O/c12-8-4-7-10-13-11(15-14-10)9-5-2-1-3-6-9/h1-3,5-6H,4,7-8,12H2. The molecule has 0 saturated heterocycles. The van der Waals surface area contributed by atoms with Crippen molar-refractivity contribution in [2.24, 2.45) is 5.73 Å². The summed E-state index contributed by atoms with van der Waals surface area (Å²) in [7, 11) is 0. The van der Waals surface area contributed by atoms with Crippen LogP contribution in [0.1, 0.15) is 12.2 Å². The maximum absolute atomic E-state index is 5.41. The van der Waals surface area contributed by atoms with Crippen molar-refractivity contribution in [3.05, 3.63) is 36.2 Å². The lowest BCUT2D eigenvalue weighted by molar-refractivity contribution is 0.422. The van der Waals surface area contributed by atoms with Crippen molar-refractivity contribution in [1.82, 2.24) is 10.1 Å². The molecular weight excluding hydrogens is 190 g/mol. The fraction of sp³-hybridized carbons (Fsp3) is 0.273. The molecule has 0 atom stereocenters. The van der Waals surface area contributed by atoms with Gasteiger partial charge >= 0.3 is 0 Å². The highest BCUT2D eigenvalue weighted by Gasteiger charge is 2.06. The van der Waals surface area contributed by atoms with Gasteiger partial charge in [0.05, 0.1) is 0 Å². The molecule has 1 aromatic heterocycles. The summed E-state index contributed by atoms with van der Waals surface area (Å²) in [6.07, 6.45) is 1.65. The van der Waals surface area contributed by atoms with E-state index in [4.69, 9.17) is 10.3 Å². The van der Waals surface area contributed by atoms with Crippen molar-refractivity contribution in [1.29, 1.82) is 0 Å². The van der Waals surface area contributed by atoms with Gasteiger partial charge in [-0.15, -0.1) is 0 Å². The molecule has 15 heavy (non-hydrogen) atoms. The number of nitrogens with two attached hydrogens (primary N) is 1. The SMILES string of the molecule is NCCCc1noc(-c2ccccc2)n1. The summed E-state index contributed by atoms with van der Waals surface area (Å²) >= 11 is 0. The number of benzene rings is 1. The molecule has 0 fully saturated rings. The highest BCUT2D eigenvalue weighted by molar-refractivity contribution is 5.51. The second-order valence-electron chi connectivity index (χ2n) is 3.27. The van der Waals surface area contributed by atoms with Gasteiger partial charge in [-0.2, -0.15) is 4.98 Å². The van der Waals surface area contributed by atoms with Gasteiger partial charge in [0.1, 0.15) is 0 Å². The first-order valence-electron chi connectivity index (χ1n) is 4.98. The van der Waals surface area contributed by atoms with Crippen LogP contribution in [0.4, 0.5) is 0 Å². The molecule has 2 aromatic rings. The third kappa shape index (κ3) is 2.41. The van der Waals surface area contributed by atoms with Crippen molar-refractivity contribution in [2.45, 2.75) is 12.8 Å². The fourth-order valence-electron chi connectivity index (χ4n) is 1.31. The van der Waals surface area contributed by atoms with Crippen LogP contribution >= 0.6 is 0 Å². The summed E-state index contributed by atoms with van der Waals surface area (Å²) in [5.41, 5.74) is 6.36. The first-order chi connectivity index (χ1) is 7.40. The second kappa shape index (κ2) is 4.70. The number of rotatable bonds is 4. The largest absolute Gasteiger partial charge is 0.334 e. The summed E-state index contributed by atoms with van der Waals surface area (Å²) in [5, 5.41) is 3.89. The van der Waals surface area contributed by atoms with Gasteiger partial charge in [0, 0.05) is 12.0 Å². The van der Waals surface area contributed by atoms with E-state index in [9.17, 15) is 0 Å². The number of hydrogen-bond acceptors (Lipinski definition) is 4. The summed E-state index contributed by atoms with van der Waals surface area (Å²) in [4.78, 5) is 4.28. The zero-order valence-electron chi connectivity index (χ0n) is 8.39. The Hall–Kier alpha value is -1.68. The summed E-state index contributed by atoms with van der Waals surface area (Å²) in [6, 6.07) is 9.73. The van der Waals surface area contributed by atoms with Crippen LogP contribution in [-0.4, -0.2) is 16.7 Å². The third-order valence-electron chi connectivity index (χ3n) is 2.09. The van der Waals surface area contributed by atoms with Crippen LogP contribution < -0.4 is 5.73 Å². The summed E-state index contributed by atoms with van der Waals surface area (Å²) < 4.78 is 5.15. The highest BCUT2D eigenvalue weighted by Crippen LogP contribution is 2.16. The molecule has 0 saturated carbocycles. The average Bonchev–Trinajstić information content (AvgIpc) is 2.76. The molecule has 4 nitrogen and oxygen atoms in total. The van der Waals surface area contributed by atoms with Crippen molar-refractivity contribution in [3.8, 4) is 11.5 Å². The molecular formula is C11H13N3O. The van der Waals surface area contributed by atoms with Gasteiger partial charge in [0.2, 0.25) is 0 Å². The van der Waals surface area contributed by atoms with E-state index in [1.54, 1.807) is 0 Å². The molecule has 0 bridgehead atoms. The van der Waals surface area contributed by atoms with Gasteiger partial charge in [-0.1, -0.05) is 23.4 Å². The Morgan fingerprint density at radius 3 is 2.73 bits per heavy atom. The predicted molar refractivity (Wildman–Crippen MR) is 57.1 cm³/mol. The van der Waals surface area contributed by atoms with E-state index in [1.165, 1.54) is 0 Å². The molecule has 1 aromatic carbocycles. The van der Waals surface area contributed by atoms with Crippen LogP contribution in [0.3, 0.4) is 0 Å². The summed E-state index contributed by atoms with van der Waals surface area (Å²) in [6.45, 7) is 0.648. The number of nitrogens with zero attached hydrogens (tertiary/aromatic N) is 2. The first-order valence-corrected chi connectivity index (χ1v) is 4.98. The van der Waals surface area contributed by atoms with Gasteiger partial charge in [-0.05, 0) is 25.1 Å².